The van der Waals surface area contributed by atoms with Gasteiger partial charge in [-0.2, -0.15) is 5.10 Å². The SMILES string of the molecule is CN1CCC(NCCc2ccn(C)n2)CC1. The normalized spacial score (nSPS) is 19.1. The van der Waals surface area contributed by atoms with Crippen LogP contribution in [0.2, 0.25) is 0 Å². The first-order valence-corrected chi connectivity index (χ1v) is 6.14. The van der Waals surface area contributed by atoms with Crippen LogP contribution in [0.15, 0.2) is 12.3 Å². The Labute approximate surface area is 97.6 Å². The molecule has 16 heavy (non-hydrogen) atoms. The number of nitrogens with one attached hydrogen (secondary N) is 1. The molecule has 0 aliphatic carbocycles. The van der Waals surface area contributed by atoms with E-state index in [1.54, 1.807) is 0 Å². The van der Waals surface area contributed by atoms with Gasteiger partial charge in [0.05, 0.1) is 5.69 Å². The molecule has 0 aromatic carbocycles. The molecule has 1 aliphatic rings. The standard InChI is InChI=1S/C12H22N4/c1-15-8-4-11(5-9-15)13-7-3-12-6-10-16(2)14-12/h6,10-11,13H,3-5,7-9H2,1-2H3. The summed E-state index contributed by atoms with van der Waals surface area (Å²) in [5.41, 5.74) is 1.18. The van der Waals surface area contributed by atoms with Gasteiger partial charge in [-0.3, -0.25) is 4.68 Å². The predicted octanol–water partition coefficient (Wildman–Crippen LogP) is 0.646. The third-order valence-electron chi connectivity index (χ3n) is 3.30. The van der Waals surface area contributed by atoms with Crippen molar-refractivity contribution in [2.45, 2.75) is 25.3 Å². The molecule has 1 saturated heterocycles. The summed E-state index contributed by atoms with van der Waals surface area (Å²) in [6.45, 7) is 3.49. The zero-order valence-corrected chi connectivity index (χ0v) is 10.3. The van der Waals surface area contributed by atoms with E-state index < -0.39 is 0 Å². The molecule has 1 aromatic heterocycles. The number of likely N-dealkylation sites (tertiary alicyclic amines) is 1. The average molecular weight is 222 g/mol. The van der Waals surface area contributed by atoms with Crippen molar-refractivity contribution in [2.75, 3.05) is 26.7 Å². The van der Waals surface area contributed by atoms with Gasteiger partial charge in [0, 0.05) is 32.3 Å². The smallest absolute Gasteiger partial charge is 0.0637 e. The lowest BCUT2D eigenvalue weighted by Gasteiger charge is -2.29. The van der Waals surface area contributed by atoms with Gasteiger partial charge >= 0.3 is 0 Å². The maximum absolute atomic E-state index is 4.37. The summed E-state index contributed by atoms with van der Waals surface area (Å²) < 4.78 is 1.87. The molecule has 1 aromatic rings. The van der Waals surface area contributed by atoms with E-state index in [1.807, 2.05) is 17.9 Å². The highest BCUT2D eigenvalue weighted by Gasteiger charge is 2.15. The van der Waals surface area contributed by atoms with Gasteiger partial charge in [-0.1, -0.05) is 0 Å². The van der Waals surface area contributed by atoms with Gasteiger partial charge in [0.1, 0.15) is 0 Å². The first-order valence-electron chi connectivity index (χ1n) is 6.14. The Balaban J connectivity index is 1.64. The van der Waals surface area contributed by atoms with E-state index in [9.17, 15) is 0 Å². The highest BCUT2D eigenvalue weighted by atomic mass is 15.2. The Morgan fingerprint density at radius 3 is 2.75 bits per heavy atom. The Morgan fingerprint density at radius 2 is 2.12 bits per heavy atom. The number of hydrogen-bond acceptors (Lipinski definition) is 3. The van der Waals surface area contributed by atoms with Gasteiger partial charge in [0.2, 0.25) is 0 Å². The van der Waals surface area contributed by atoms with Crippen molar-refractivity contribution < 1.29 is 0 Å². The highest BCUT2D eigenvalue weighted by molar-refractivity contribution is 4.99. The Hall–Kier alpha value is -0.870. The number of piperidine rings is 1. The first-order chi connectivity index (χ1) is 7.74. The zero-order valence-electron chi connectivity index (χ0n) is 10.3. The number of aryl methyl sites for hydroxylation is 1. The largest absolute Gasteiger partial charge is 0.313 e. The second kappa shape index (κ2) is 5.46. The van der Waals surface area contributed by atoms with Gasteiger partial charge in [0.25, 0.3) is 0 Å². The third kappa shape index (κ3) is 3.32. The van der Waals surface area contributed by atoms with E-state index in [-0.39, 0.29) is 0 Å². The van der Waals surface area contributed by atoms with Crippen molar-refractivity contribution in [1.82, 2.24) is 20.0 Å². The van der Waals surface area contributed by atoms with Crippen molar-refractivity contribution in [3.63, 3.8) is 0 Å². The molecule has 2 rings (SSSR count). The molecule has 1 N–H and O–H groups in total. The average Bonchev–Trinajstić information content (AvgIpc) is 2.67. The van der Waals surface area contributed by atoms with E-state index in [0.717, 1.165) is 13.0 Å². The molecule has 0 amide bonds. The highest BCUT2D eigenvalue weighted by Crippen LogP contribution is 2.07. The molecule has 0 saturated carbocycles. The van der Waals surface area contributed by atoms with Crippen molar-refractivity contribution >= 4 is 0 Å². The minimum absolute atomic E-state index is 0.708. The van der Waals surface area contributed by atoms with Crippen LogP contribution >= 0.6 is 0 Å². The molecule has 90 valence electrons. The maximum Gasteiger partial charge on any atom is 0.0637 e. The molecule has 0 spiro atoms. The third-order valence-corrected chi connectivity index (χ3v) is 3.30. The molecular weight excluding hydrogens is 200 g/mol. The van der Waals surface area contributed by atoms with E-state index in [2.05, 4.69) is 28.4 Å². The summed E-state index contributed by atoms with van der Waals surface area (Å²) in [5.74, 6) is 0. The Morgan fingerprint density at radius 1 is 1.38 bits per heavy atom. The lowest BCUT2D eigenvalue weighted by atomic mass is 10.1. The molecule has 4 nitrogen and oxygen atoms in total. The van der Waals surface area contributed by atoms with Crippen LogP contribution in [-0.4, -0.2) is 47.4 Å². The van der Waals surface area contributed by atoms with Crippen molar-refractivity contribution in [1.29, 1.82) is 0 Å². The van der Waals surface area contributed by atoms with Gasteiger partial charge < -0.3 is 10.2 Å². The van der Waals surface area contributed by atoms with Crippen LogP contribution in [0.5, 0.6) is 0 Å². The van der Waals surface area contributed by atoms with Crippen LogP contribution in [-0.2, 0) is 13.5 Å². The maximum atomic E-state index is 4.37. The van der Waals surface area contributed by atoms with Crippen molar-refractivity contribution in [3.05, 3.63) is 18.0 Å². The Bertz CT molecular complexity index is 313. The lowest BCUT2D eigenvalue weighted by molar-refractivity contribution is 0.235. The van der Waals surface area contributed by atoms with Gasteiger partial charge in [-0.05, 0) is 39.0 Å². The summed E-state index contributed by atoms with van der Waals surface area (Å²) in [5, 5.41) is 8.00. The van der Waals surface area contributed by atoms with Crippen LogP contribution in [0.1, 0.15) is 18.5 Å². The van der Waals surface area contributed by atoms with Gasteiger partial charge in [-0.25, -0.2) is 0 Å². The zero-order chi connectivity index (χ0) is 11.4. The molecule has 2 heterocycles. The summed E-state index contributed by atoms with van der Waals surface area (Å²) in [6.07, 6.45) is 5.59. The molecule has 1 fully saturated rings. The summed E-state index contributed by atoms with van der Waals surface area (Å²) in [4.78, 5) is 2.40. The van der Waals surface area contributed by atoms with Crippen LogP contribution in [0, 0.1) is 0 Å². The quantitative estimate of drug-likeness (QED) is 0.812. The molecule has 4 heteroatoms. The second-order valence-corrected chi connectivity index (χ2v) is 4.76. The number of rotatable bonds is 4. The summed E-state index contributed by atoms with van der Waals surface area (Å²) in [6, 6.07) is 2.80. The molecule has 0 unspecified atom stereocenters. The van der Waals surface area contributed by atoms with Gasteiger partial charge in [-0.15, -0.1) is 0 Å². The lowest BCUT2D eigenvalue weighted by Crippen LogP contribution is -2.41. The fraction of sp³-hybridized carbons (Fsp3) is 0.750. The van der Waals surface area contributed by atoms with E-state index in [4.69, 9.17) is 0 Å². The monoisotopic (exact) mass is 222 g/mol. The fourth-order valence-corrected chi connectivity index (χ4v) is 2.21. The summed E-state index contributed by atoms with van der Waals surface area (Å²) in [7, 11) is 4.16. The van der Waals surface area contributed by atoms with Crippen molar-refractivity contribution in [3.8, 4) is 0 Å². The van der Waals surface area contributed by atoms with Crippen LogP contribution < -0.4 is 5.32 Å². The van der Waals surface area contributed by atoms with Crippen molar-refractivity contribution in [2.24, 2.45) is 7.05 Å². The molecule has 0 bridgehead atoms. The molecule has 0 atom stereocenters. The Kier molecular flexibility index (Phi) is 3.96. The van der Waals surface area contributed by atoms with Crippen LogP contribution in [0.4, 0.5) is 0 Å². The molecule has 0 radical (unpaired) electrons. The molecular formula is C12H22N4. The number of aromatic nitrogens is 2. The minimum Gasteiger partial charge on any atom is -0.313 e. The second-order valence-electron chi connectivity index (χ2n) is 4.76. The topological polar surface area (TPSA) is 33.1 Å². The van der Waals surface area contributed by atoms with Gasteiger partial charge in [0.15, 0.2) is 0 Å². The minimum atomic E-state index is 0.708. The molecule has 1 aliphatic heterocycles. The van der Waals surface area contributed by atoms with E-state index in [0.29, 0.717) is 6.04 Å². The summed E-state index contributed by atoms with van der Waals surface area (Å²) >= 11 is 0. The predicted molar refractivity (Wildman–Crippen MR) is 65.4 cm³/mol. The number of nitrogens with zero attached hydrogens (tertiary/aromatic N) is 3. The van der Waals surface area contributed by atoms with Crippen LogP contribution in [0.3, 0.4) is 0 Å². The number of hydrogen-bond donors (Lipinski definition) is 1. The van der Waals surface area contributed by atoms with E-state index in [1.165, 1.54) is 31.6 Å². The van der Waals surface area contributed by atoms with E-state index >= 15 is 0 Å². The fourth-order valence-electron chi connectivity index (χ4n) is 2.21. The first kappa shape index (κ1) is 11.6. The van der Waals surface area contributed by atoms with Crippen LogP contribution in [0.25, 0.3) is 0 Å².